The van der Waals surface area contributed by atoms with Gasteiger partial charge in [0, 0.05) is 5.41 Å². The predicted molar refractivity (Wildman–Crippen MR) is 106 cm³/mol. The maximum Gasteiger partial charge on any atom is 0.0417 e. The zero-order chi connectivity index (χ0) is 15.6. The molecule has 0 heterocycles. The van der Waals surface area contributed by atoms with Crippen molar-refractivity contribution < 1.29 is 0 Å². The molecule has 0 bridgehead atoms. The van der Waals surface area contributed by atoms with Crippen molar-refractivity contribution in [1.29, 1.82) is 0 Å². The second-order valence-electron chi connectivity index (χ2n) is 6.12. The van der Waals surface area contributed by atoms with Gasteiger partial charge in [-0.1, -0.05) is 65.7 Å². The second kappa shape index (κ2) is 6.49. The molecule has 0 spiro atoms. The molecule has 0 radical (unpaired) electrons. The van der Waals surface area contributed by atoms with Crippen molar-refractivity contribution in [2.75, 3.05) is 4.93 Å². The normalized spacial score (nSPS) is 21.7. The summed E-state index contributed by atoms with van der Waals surface area (Å²) in [5.41, 5.74) is 7.36. The summed E-state index contributed by atoms with van der Waals surface area (Å²) in [5.74, 6) is 0. The summed E-state index contributed by atoms with van der Waals surface area (Å²) >= 11 is 0.190. The van der Waals surface area contributed by atoms with Crippen molar-refractivity contribution in [1.82, 2.24) is 0 Å². The van der Waals surface area contributed by atoms with Gasteiger partial charge in [0.05, 0.1) is 0 Å². The molecular formula is C21H23I. The first-order valence-electron chi connectivity index (χ1n) is 7.82. The fourth-order valence-electron chi connectivity index (χ4n) is 3.69. The highest BCUT2D eigenvalue weighted by molar-refractivity contribution is 14.2. The molecule has 0 fully saturated rings. The van der Waals surface area contributed by atoms with Crippen LogP contribution in [0.1, 0.15) is 35.6 Å². The largest absolute Gasteiger partial charge is 0.126 e. The quantitative estimate of drug-likeness (QED) is 0.465. The fraction of sp³-hybridized carbons (Fsp3) is 0.286. The van der Waals surface area contributed by atoms with E-state index in [0.717, 1.165) is 0 Å². The maximum atomic E-state index is 2.39. The Kier molecular flexibility index (Phi) is 4.62. The van der Waals surface area contributed by atoms with Crippen LogP contribution < -0.4 is 0 Å². The first kappa shape index (κ1) is 15.7. The molecule has 1 atom stereocenters. The number of rotatable bonds is 3. The van der Waals surface area contributed by atoms with Gasteiger partial charge in [0.1, 0.15) is 0 Å². The van der Waals surface area contributed by atoms with E-state index in [1.54, 1.807) is 0 Å². The van der Waals surface area contributed by atoms with Gasteiger partial charge in [-0.2, -0.15) is 0 Å². The van der Waals surface area contributed by atoms with Crippen molar-refractivity contribution in [3.8, 4) is 0 Å². The maximum absolute atomic E-state index is 2.39. The number of aryl methyl sites for hydroxylation is 2. The molecule has 1 heteroatoms. The molecule has 0 aromatic heterocycles. The third-order valence-corrected chi connectivity index (χ3v) is 5.98. The minimum Gasteiger partial charge on any atom is -0.126 e. The van der Waals surface area contributed by atoms with E-state index in [1.165, 1.54) is 40.7 Å². The highest BCUT2D eigenvalue weighted by Crippen LogP contribution is 2.48. The molecule has 0 nitrogen and oxygen atoms in total. The van der Waals surface area contributed by atoms with Crippen LogP contribution in [-0.4, -0.2) is 8.94 Å². The molecule has 2 aromatic carbocycles. The van der Waals surface area contributed by atoms with Gasteiger partial charge >= 0.3 is 0 Å². The number of alkyl halides is 1. The lowest BCUT2D eigenvalue weighted by Crippen LogP contribution is -2.26. The number of hydrogen-bond acceptors (Lipinski definition) is 0. The Morgan fingerprint density at radius 2 is 1.82 bits per heavy atom. The summed E-state index contributed by atoms with van der Waals surface area (Å²) in [6.07, 6.45) is 4.75. The van der Waals surface area contributed by atoms with E-state index >= 15 is 0 Å². The SMILES string of the molecule is CI=C/C=C(\C)C1(c2ccc(C)cc2)CCc2ccccc21. The van der Waals surface area contributed by atoms with Crippen molar-refractivity contribution >= 4 is 24.7 Å². The number of fused-ring (bicyclic) bond motifs is 1. The zero-order valence-electron chi connectivity index (χ0n) is 13.6. The summed E-state index contributed by atoms with van der Waals surface area (Å²) in [4.78, 5) is 2.31. The molecule has 1 unspecified atom stereocenters. The van der Waals surface area contributed by atoms with E-state index in [4.69, 9.17) is 0 Å². The zero-order valence-corrected chi connectivity index (χ0v) is 15.7. The minimum atomic E-state index is 0.0692. The van der Waals surface area contributed by atoms with E-state index < -0.39 is 0 Å². The first-order chi connectivity index (χ1) is 10.7. The summed E-state index contributed by atoms with van der Waals surface area (Å²) in [6.45, 7) is 4.48. The van der Waals surface area contributed by atoms with E-state index in [0.29, 0.717) is 0 Å². The van der Waals surface area contributed by atoms with Crippen LogP contribution in [0.25, 0.3) is 0 Å². The van der Waals surface area contributed by atoms with Gasteiger partial charge in [-0.15, -0.1) is 20.7 Å². The lowest BCUT2D eigenvalue weighted by Gasteiger charge is -2.33. The molecule has 2 aromatic rings. The molecule has 0 aliphatic heterocycles. The molecular weight excluding hydrogens is 379 g/mol. The van der Waals surface area contributed by atoms with Crippen LogP contribution >= 0.6 is 20.7 Å². The molecule has 1 aliphatic carbocycles. The number of hydrogen-bond donors (Lipinski definition) is 0. The number of halogens is 1. The summed E-state index contributed by atoms with van der Waals surface area (Å²) in [7, 11) is 0. The van der Waals surface area contributed by atoms with Crippen molar-refractivity contribution in [2.45, 2.75) is 32.1 Å². The lowest BCUT2D eigenvalue weighted by atomic mass is 9.70. The van der Waals surface area contributed by atoms with Crippen LogP contribution in [0.5, 0.6) is 0 Å². The molecule has 22 heavy (non-hydrogen) atoms. The van der Waals surface area contributed by atoms with Gasteiger partial charge in [-0.3, -0.25) is 0 Å². The molecule has 0 saturated heterocycles. The Labute approximate surface area is 144 Å². The van der Waals surface area contributed by atoms with Crippen LogP contribution in [0.2, 0.25) is 0 Å². The summed E-state index contributed by atoms with van der Waals surface area (Å²) < 4.78 is 2.39. The van der Waals surface area contributed by atoms with Crippen LogP contribution in [-0.2, 0) is 11.8 Å². The van der Waals surface area contributed by atoms with Crippen molar-refractivity contribution in [2.24, 2.45) is 0 Å². The third kappa shape index (κ3) is 2.60. The standard InChI is InChI=1S/C21H23I/c1-16-8-10-19(11-9-16)21(17(2)13-15-22-3)14-12-18-6-4-5-7-20(18)21/h4-11,13,15H,12,14H2,1-3H3/b17-13+. The molecule has 0 saturated carbocycles. The topological polar surface area (TPSA) is 0 Å². The Balaban J connectivity index is 2.22. The van der Waals surface area contributed by atoms with Crippen LogP contribution in [0.4, 0.5) is 0 Å². The Morgan fingerprint density at radius 1 is 1.09 bits per heavy atom. The lowest BCUT2D eigenvalue weighted by molar-refractivity contribution is 0.596. The highest BCUT2D eigenvalue weighted by atomic mass is 127. The third-order valence-electron chi connectivity index (χ3n) is 4.90. The average molecular weight is 402 g/mol. The van der Waals surface area contributed by atoms with Gasteiger partial charge in [-0.05, 0) is 52.3 Å². The second-order valence-corrected chi connectivity index (χ2v) is 8.09. The highest BCUT2D eigenvalue weighted by Gasteiger charge is 2.41. The van der Waals surface area contributed by atoms with Gasteiger partial charge in [0.15, 0.2) is 0 Å². The Bertz CT molecular complexity index is 722. The first-order valence-corrected chi connectivity index (χ1v) is 11.2. The van der Waals surface area contributed by atoms with E-state index in [2.05, 4.69) is 77.4 Å². The van der Waals surface area contributed by atoms with Gasteiger partial charge in [0.2, 0.25) is 0 Å². The van der Waals surface area contributed by atoms with Gasteiger partial charge in [-0.25, -0.2) is 0 Å². The van der Waals surface area contributed by atoms with E-state index in [1.807, 2.05) is 0 Å². The monoisotopic (exact) mass is 402 g/mol. The number of allylic oxidation sites excluding steroid dienone is 2. The van der Waals surface area contributed by atoms with Crippen molar-refractivity contribution in [3.63, 3.8) is 0 Å². The smallest absolute Gasteiger partial charge is 0.0417 e. The Morgan fingerprint density at radius 3 is 2.55 bits per heavy atom. The van der Waals surface area contributed by atoms with Crippen molar-refractivity contribution in [3.05, 3.63) is 82.4 Å². The van der Waals surface area contributed by atoms with Crippen LogP contribution in [0, 0.1) is 6.92 Å². The van der Waals surface area contributed by atoms with Gasteiger partial charge in [0.25, 0.3) is 0 Å². The van der Waals surface area contributed by atoms with E-state index in [9.17, 15) is 0 Å². The Hall–Kier alpha value is -1.22. The van der Waals surface area contributed by atoms with Crippen LogP contribution in [0.3, 0.4) is 0 Å². The predicted octanol–water partition coefficient (Wildman–Crippen LogP) is 5.58. The summed E-state index contributed by atoms with van der Waals surface area (Å²) in [6, 6.07) is 18.2. The fourth-order valence-corrected chi connectivity index (χ4v) is 4.59. The average Bonchev–Trinajstić information content (AvgIpc) is 2.94. The van der Waals surface area contributed by atoms with Gasteiger partial charge < -0.3 is 0 Å². The molecule has 114 valence electrons. The summed E-state index contributed by atoms with van der Waals surface area (Å²) in [5, 5.41) is 0. The van der Waals surface area contributed by atoms with Crippen LogP contribution in [0.15, 0.2) is 60.2 Å². The molecule has 0 N–H and O–H groups in total. The van der Waals surface area contributed by atoms with E-state index in [-0.39, 0.29) is 26.1 Å². The molecule has 1 aliphatic rings. The number of benzene rings is 2. The minimum absolute atomic E-state index is 0.0692. The molecule has 3 rings (SSSR count). The molecule has 0 amide bonds.